The molecule has 0 saturated carbocycles. The number of hydrogen-bond donors (Lipinski definition) is 1. The smallest absolute Gasteiger partial charge is 0.134 e. The lowest BCUT2D eigenvalue weighted by Crippen LogP contribution is -2.17. The number of furan rings is 1. The van der Waals surface area contributed by atoms with Crippen molar-refractivity contribution < 1.29 is 4.42 Å². The number of halogens is 1. The first-order valence-corrected chi connectivity index (χ1v) is 7.39. The molecule has 3 heteroatoms. The van der Waals surface area contributed by atoms with E-state index in [0.29, 0.717) is 0 Å². The van der Waals surface area contributed by atoms with Crippen LogP contribution in [0.25, 0.3) is 11.0 Å². The molecule has 1 aromatic heterocycles. The fourth-order valence-electron chi connectivity index (χ4n) is 2.59. The second-order valence-corrected chi connectivity index (χ2v) is 5.83. The molecule has 0 aliphatic heterocycles. The highest BCUT2D eigenvalue weighted by molar-refractivity contribution is 6.31. The van der Waals surface area contributed by atoms with Crippen molar-refractivity contribution in [3.05, 3.63) is 69.9 Å². The van der Waals surface area contributed by atoms with Gasteiger partial charge in [0.1, 0.15) is 11.3 Å². The highest BCUT2D eigenvalue weighted by Gasteiger charge is 2.17. The van der Waals surface area contributed by atoms with Gasteiger partial charge < -0.3 is 9.73 Å². The molecule has 3 aromatic rings. The minimum Gasteiger partial charge on any atom is -0.459 e. The van der Waals surface area contributed by atoms with Gasteiger partial charge in [0.05, 0.1) is 6.04 Å². The topological polar surface area (TPSA) is 25.2 Å². The summed E-state index contributed by atoms with van der Waals surface area (Å²) in [4.78, 5) is 0. The standard InChI is InChI=1S/C18H18ClNO/c1-11-4-5-13(8-12(11)2)18(20-3)17-10-14-9-15(19)6-7-16(14)21-17/h4-10,18,20H,1-3H3. The molecular weight excluding hydrogens is 282 g/mol. The van der Waals surface area contributed by atoms with E-state index >= 15 is 0 Å². The fraction of sp³-hybridized carbons (Fsp3) is 0.222. The number of nitrogens with one attached hydrogen (secondary N) is 1. The monoisotopic (exact) mass is 299 g/mol. The largest absolute Gasteiger partial charge is 0.459 e. The van der Waals surface area contributed by atoms with Gasteiger partial charge >= 0.3 is 0 Å². The molecule has 1 unspecified atom stereocenters. The van der Waals surface area contributed by atoms with E-state index in [0.717, 1.165) is 21.8 Å². The zero-order chi connectivity index (χ0) is 15.0. The molecule has 3 rings (SSSR count). The van der Waals surface area contributed by atoms with Crippen molar-refractivity contribution >= 4 is 22.6 Å². The van der Waals surface area contributed by atoms with E-state index in [1.54, 1.807) is 0 Å². The average molecular weight is 300 g/mol. The van der Waals surface area contributed by atoms with Crippen molar-refractivity contribution in [1.29, 1.82) is 0 Å². The molecule has 0 radical (unpaired) electrons. The summed E-state index contributed by atoms with van der Waals surface area (Å²) < 4.78 is 5.98. The molecule has 108 valence electrons. The summed E-state index contributed by atoms with van der Waals surface area (Å²) in [6.07, 6.45) is 0. The minimum atomic E-state index is 0.0375. The third kappa shape index (κ3) is 2.69. The highest BCUT2D eigenvalue weighted by atomic mass is 35.5. The summed E-state index contributed by atoms with van der Waals surface area (Å²) >= 11 is 6.04. The molecule has 0 aliphatic rings. The molecule has 21 heavy (non-hydrogen) atoms. The predicted molar refractivity (Wildman–Crippen MR) is 88.0 cm³/mol. The fourth-order valence-corrected chi connectivity index (χ4v) is 2.77. The molecule has 0 fully saturated rings. The lowest BCUT2D eigenvalue weighted by atomic mass is 9.99. The van der Waals surface area contributed by atoms with Crippen LogP contribution in [0.2, 0.25) is 5.02 Å². The Hall–Kier alpha value is -1.77. The summed E-state index contributed by atoms with van der Waals surface area (Å²) in [5, 5.41) is 5.08. The Balaban J connectivity index is 2.06. The summed E-state index contributed by atoms with van der Waals surface area (Å²) in [5.41, 5.74) is 4.64. The van der Waals surface area contributed by atoms with Gasteiger partial charge in [0.15, 0.2) is 0 Å². The molecule has 0 spiro atoms. The highest BCUT2D eigenvalue weighted by Crippen LogP contribution is 2.30. The van der Waals surface area contributed by atoms with Gasteiger partial charge in [0.2, 0.25) is 0 Å². The number of rotatable bonds is 3. The minimum absolute atomic E-state index is 0.0375. The molecule has 0 aliphatic carbocycles. The van der Waals surface area contributed by atoms with Crippen molar-refractivity contribution in [1.82, 2.24) is 5.32 Å². The van der Waals surface area contributed by atoms with Gasteiger partial charge in [-0.15, -0.1) is 0 Å². The van der Waals surface area contributed by atoms with E-state index < -0.39 is 0 Å². The lowest BCUT2D eigenvalue weighted by molar-refractivity contribution is 0.491. The maximum Gasteiger partial charge on any atom is 0.134 e. The van der Waals surface area contributed by atoms with Crippen molar-refractivity contribution in [2.24, 2.45) is 0 Å². The molecule has 1 heterocycles. The summed E-state index contributed by atoms with van der Waals surface area (Å²) in [6, 6.07) is 14.3. The molecule has 1 atom stereocenters. The Bertz CT molecular complexity index is 791. The molecule has 0 bridgehead atoms. The van der Waals surface area contributed by atoms with Crippen LogP contribution < -0.4 is 5.32 Å². The van der Waals surface area contributed by atoms with E-state index in [9.17, 15) is 0 Å². The Morgan fingerprint density at radius 2 is 1.81 bits per heavy atom. The van der Waals surface area contributed by atoms with Crippen molar-refractivity contribution in [2.45, 2.75) is 19.9 Å². The van der Waals surface area contributed by atoms with Gasteiger partial charge in [-0.2, -0.15) is 0 Å². The Kier molecular flexibility index (Phi) is 3.75. The van der Waals surface area contributed by atoms with Crippen molar-refractivity contribution in [2.75, 3.05) is 7.05 Å². The maximum atomic E-state index is 6.04. The third-order valence-corrected chi connectivity index (χ3v) is 4.17. The molecule has 1 N–H and O–H groups in total. The van der Waals surface area contributed by atoms with Gasteiger partial charge in [0.25, 0.3) is 0 Å². The van der Waals surface area contributed by atoms with Crippen molar-refractivity contribution in [3.8, 4) is 0 Å². The van der Waals surface area contributed by atoms with Crippen LogP contribution in [-0.2, 0) is 0 Å². The molecular formula is C18H18ClNO. The Labute approximate surface area is 129 Å². The molecule has 2 nitrogen and oxygen atoms in total. The number of benzene rings is 2. The Morgan fingerprint density at radius 3 is 2.52 bits per heavy atom. The first-order valence-electron chi connectivity index (χ1n) is 7.02. The summed E-state index contributed by atoms with van der Waals surface area (Å²) in [7, 11) is 1.94. The van der Waals surface area contributed by atoms with Gasteiger partial charge in [-0.1, -0.05) is 29.8 Å². The van der Waals surface area contributed by atoms with Crippen LogP contribution in [0, 0.1) is 13.8 Å². The van der Waals surface area contributed by atoms with Crippen molar-refractivity contribution in [3.63, 3.8) is 0 Å². The first-order chi connectivity index (χ1) is 10.1. The van der Waals surface area contributed by atoms with Crippen LogP contribution in [0.3, 0.4) is 0 Å². The summed E-state index contributed by atoms with van der Waals surface area (Å²) in [5.74, 6) is 0.901. The number of fused-ring (bicyclic) bond motifs is 1. The third-order valence-electron chi connectivity index (χ3n) is 3.93. The second kappa shape index (κ2) is 5.55. The van der Waals surface area contributed by atoms with Crippen LogP contribution >= 0.6 is 11.6 Å². The first kappa shape index (κ1) is 14.2. The predicted octanol–water partition coefficient (Wildman–Crippen LogP) is 5.01. The zero-order valence-electron chi connectivity index (χ0n) is 12.4. The maximum absolute atomic E-state index is 6.04. The molecule has 0 amide bonds. The molecule has 2 aromatic carbocycles. The van der Waals surface area contributed by atoms with Crippen LogP contribution in [0.1, 0.15) is 28.5 Å². The number of hydrogen-bond acceptors (Lipinski definition) is 2. The molecule has 0 saturated heterocycles. The van der Waals surface area contributed by atoms with E-state index in [4.69, 9.17) is 16.0 Å². The van der Waals surface area contributed by atoms with E-state index in [2.05, 4.69) is 43.4 Å². The van der Waals surface area contributed by atoms with Gasteiger partial charge in [-0.25, -0.2) is 0 Å². The quantitative estimate of drug-likeness (QED) is 0.735. The second-order valence-electron chi connectivity index (χ2n) is 5.40. The van der Waals surface area contributed by atoms with Gasteiger partial charge in [-0.3, -0.25) is 0 Å². The average Bonchev–Trinajstić information content (AvgIpc) is 2.86. The normalized spacial score (nSPS) is 12.8. The van der Waals surface area contributed by atoms with Crippen LogP contribution in [-0.4, -0.2) is 7.05 Å². The van der Waals surface area contributed by atoms with E-state index in [-0.39, 0.29) is 6.04 Å². The van der Waals surface area contributed by atoms with E-state index in [1.165, 1.54) is 16.7 Å². The summed E-state index contributed by atoms with van der Waals surface area (Å²) in [6.45, 7) is 4.25. The van der Waals surface area contributed by atoms with Crippen LogP contribution in [0.15, 0.2) is 46.9 Å². The van der Waals surface area contributed by atoms with Crippen LogP contribution in [0.5, 0.6) is 0 Å². The zero-order valence-corrected chi connectivity index (χ0v) is 13.2. The van der Waals surface area contributed by atoms with Gasteiger partial charge in [-0.05, 0) is 61.9 Å². The number of aryl methyl sites for hydroxylation is 2. The van der Waals surface area contributed by atoms with Gasteiger partial charge in [0, 0.05) is 10.4 Å². The van der Waals surface area contributed by atoms with Crippen LogP contribution in [0.4, 0.5) is 0 Å². The SMILES string of the molecule is CNC(c1ccc(C)c(C)c1)c1cc2cc(Cl)ccc2o1. The Morgan fingerprint density at radius 1 is 1.00 bits per heavy atom. The van der Waals surface area contributed by atoms with E-state index in [1.807, 2.05) is 25.2 Å². The lowest BCUT2D eigenvalue weighted by Gasteiger charge is -2.15.